The Balaban J connectivity index is 1.82. The Morgan fingerprint density at radius 2 is 1.92 bits per heavy atom. The second-order valence-electron chi connectivity index (χ2n) is 7.79. The van der Waals surface area contributed by atoms with Crippen LogP contribution in [0.25, 0.3) is 0 Å². The van der Waals surface area contributed by atoms with Crippen LogP contribution in [0.4, 0.5) is 0 Å². The topological polar surface area (TPSA) is 82.8 Å². The minimum atomic E-state index is -1.23. The summed E-state index contributed by atoms with van der Waals surface area (Å²) < 4.78 is 5.20. The molecule has 1 aliphatic heterocycles. The predicted molar refractivity (Wildman–Crippen MR) is 90.0 cm³/mol. The molecule has 1 fully saturated rings. The van der Waals surface area contributed by atoms with Crippen LogP contribution in [-0.2, 0) is 15.2 Å². The van der Waals surface area contributed by atoms with E-state index in [0.29, 0.717) is 31.7 Å². The van der Waals surface area contributed by atoms with Gasteiger partial charge in [0.1, 0.15) is 11.4 Å². The molecule has 1 unspecified atom stereocenters. The summed E-state index contributed by atoms with van der Waals surface area (Å²) in [6.07, 6.45) is 2.79. The average molecular weight is 336 g/mol. The number of nitrogens with zero attached hydrogens (tertiary/aromatic N) is 1. The van der Waals surface area contributed by atoms with Crippen molar-refractivity contribution in [3.8, 4) is 0 Å². The summed E-state index contributed by atoms with van der Waals surface area (Å²) in [5.74, 6) is 0.349. The lowest BCUT2D eigenvalue weighted by atomic mass is 9.90. The van der Waals surface area contributed by atoms with Crippen molar-refractivity contribution in [1.29, 1.82) is 0 Å². The molecule has 1 saturated heterocycles. The monoisotopic (exact) mass is 336 g/mol. The van der Waals surface area contributed by atoms with Gasteiger partial charge in [0, 0.05) is 24.4 Å². The van der Waals surface area contributed by atoms with Crippen molar-refractivity contribution in [3.05, 3.63) is 24.2 Å². The minimum Gasteiger partial charge on any atom is -0.466 e. The van der Waals surface area contributed by atoms with Crippen molar-refractivity contribution in [2.45, 2.75) is 46.1 Å². The molecule has 0 radical (unpaired) electrons. The van der Waals surface area contributed by atoms with Crippen molar-refractivity contribution in [3.63, 3.8) is 0 Å². The van der Waals surface area contributed by atoms with E-state index < -0.39 is 11.0 Å². The molecule has 0 aromatic carbocycles. The number of likely N-dealkylation sites (tertiary alicyclic amines) is 1. The van der Waals surface area contributed by atoms with E-state index >= 15 is 0 Å². The number of nitrogens with one attached hydrogen (secondary N) is 1. The van der Waals surface area contributed by atoms with Crippen molar-refractivity contribution >= 4 is 11.8 Å². The maximum atomic E-state index is 12.3. The van der Waals surface area contributed by atoms with Crippen molar-refractivity contribution in [2.75, 3.05) is 19.6 Å². The van der Waals surface area contributed by atoms with Gasteiger partial charge in [-0.15, -0.1) is 0 Å². The van der Waals surface area contributed by atoms with Gasteiger partial charge in [-0.25, -0.2) is 0 Å². The fourth-order valence-electron chi connectivity index (χ4n) is 2.89. The van der Waals surface area contributed by atoms with Crippen LogP contribution in [0.1, 0.15) is 46.3 Å². The molecule has 0 saturated carbocycles. The highest BCUT2D eigenvalue weighted by molar-refractivity contribution is 5.82. The lowest BCUT2D eigenvalue weighted by Crippen LogP contribution is -2.48. The lowest BCUT2D eigenvalue weighted by molar-refractivity contribution is -0.142. The number of furan rings is 1. The molecule has 1 atom stereocenters. The lowest BCUT2D eigenvalue weighted by Gasteiger charge is -2.35. The zero-order chi connectivity index (χ0) is 18.0. The Morgan fingerprint density at radius 3 is 2.42 bits per heavy atom. The van der Waals surface area contributed by atoms with Gasteiger partial charge in [0.25, 0.3) is 0 Å². The van der Waals surface area contributed by atoms with Crippen molar-refractivity contribution in [1.82, 2.24) is 10.2 Å². The molecular formula is C18H28N2O4. The Hall–Kier alpha value is -1.82. The molecule has 2 amide bonds. The third kappa shape index (κ3) is 4.38. The smallest absolute Gasteiger partial charge is 0.227 e. The van der Waals surface area contributed by atoms with Crippen LogP contribution in [0.5, 0.6) is 0 Å². The summed E-state index contributed by atoms with van der Waals surface area (Å²) in [4.78, 5) is 26.4. The Kier molecular flexibility index (Phi) is 5.38. The van der Waals surface area contributed by atoms with Gasteiger partial charge in [0.15, 0.2) is 0 Å². The molecule has 2 N–H and O–H groups in total. The summed E-state index contributed by atoms with van der Waals surface area (Å²) in [5, 5.41) is 13.2. The molecule has 24 heavy (non-hydrogen) atoms. The van der Waals surface area contributed by atoms with E-state index in [0.717, 1.165) is 0 Å². The van der Waals surface area contributed by atoms with Crippen molar-refractivity contribution < 1.29 is 19.1 Å². The maximum absolute atomic E-state index is 12.3. The van der Waals surface area contributed by atoms with Crippen LogP contribution in [0, 0.1) is 11.3 Å². The number of carbonyl (C=O) groups excluding carboxylic acids is 2. The van der Waals surface area contributed by atoms with Crippen molar-refractivity contribution in [2.24, 2.45) is 11.3 Å². The van der Waals surface area contributed by atoms with Crippen LogP contribution in [0.2, 0.25) is 0 Å². The molecule has 0 bridgehead atoms. The normalized spacial score (nSPS) is 19.0. The zero-order valence-electron chi connectivity index (χ0n) is 15.0. The van der Waals surface area contributed by atoms with Gasteiger partial charge in [-0.1, -0.05) is 20.8 Å². The van der Waals surface area contributed by atoms with Gasteiger partial charge < -0.3 is 19.7 Å². The first-order valence-corrected chi connectivity index (χ1v) is 8.45. The summed E-state index contributed by atoms with van der Waals surface area (Å²) in [6.45, 7) is 8.63. The first-order valence-electron chi connectivity index (χ1n) is 8.45. The number of aliphatic hydroxyl groups is 1. The number of hydrogen-bond donors (Lipinski definition) is 2. The van der Waals surface area contributed by atoms with E-state index in [9.17, 15) is 14.7 Å². The predicted octanol–water partition coefficient (Wildman–Crippen LogP) is 1.89. The highest BCUT2D eigenvalue weighted by Crippen LogP contribution is 2.24. The summed E-state index contributed by atoms with van der Waals surface area (Å²) in [7, 11) is 0. The third-order valence-electron chi connectivity index (χ3n) is 4.45. The summed E-state index contributed by atoms with van der Waals surface area (Å²) in [6, 6.07) is 3.39. The molecular weight excluding hydrogens is 308 g/mol. The fraction of sp³-hybridized carbons (Fsp3) is 0.667. The quantitative estimate of drug-likeness (QED) is 0.879. The van der Waals surface area contributed by atoms with Gasteiger partial charge in [-0.3, -0.25) is 9.59 Å². The standard InChI is InChI=1S/C18H28N2O4/c1-17(2,3)16(22)20-9-7-13(8-10-20)15(21)19-12-18(4,23)14-6-5-11-24-14/h5-6,11,13,23H,7-10,12H2,1-4H3,(H,19,21). The van der Waals surface area contributed by atoms with Crippen LogP contribution in [0.3, 0.4) is 0 Å². The molecule has 6 heteroatoms. The molecule has 6 nitrogen and oxygen atoms in total. The van der Waals surface area contributed by atoms with Gasteiger partial charge in [-0.2, -0.15) is 0 Å². The highest BCUT2D eigenvalue weighted by Gasteiger charge is 2.33. The minimum absolute atomic E-state index is 0.0790. The Morgan fingerprint density at radius 1 is 1.29 bits per heavy atom. The number of amides is 2. The van der Waals surface area contributed by atoms with Gasteiger partial charge in [0.2, 0.25) is 11.8 Å². The second kappa shape index (κ2) is 6.97. The first kappa shape index (κ1) is 18.5. The Labute approximate surface area is 143 Å². The van der Waals surface area contributed by atoms with E-state index in [-0.39, 0.29) is 24.3 Å². The van der Waals surface area contributed by atoms with Crippen LogP contribution >= 0.6 is 0 Å². The van der Waals surface area contributed by atoms with E-state index in [2.05, 4.69) is 5.32 Å². The molecule has 2 rings (SSSR count). The van der Waals surface area contributed by atoms with Gasteiger partial charge in [0.05, 0.1) is 12.8 Å². The summed E-state index contributed by atoms with van der Waals surface area (Å²) >= 11 is 0. The van der Waals surface area contributed by atoms with Crippen LogP contribution in [0.15, 0.2) is 22.8 Å². The van der Waals surface area contributed by atoms with E-state index in [4.69, 9.17) is 4.42 Å². The van der Waals surface area contributed by atoms with E-state index in [1.807, 2.05) is 25.7 Å². The number of rotatable bonds is 4. The third-order valence-corrected chi connectivity index (χ3v) is 4.45. The number of carbonyl (C=O) groups is 2. The molecule has 1 aromatic rings. The number of piperidine rings is 1. The SMILES string of the molecule is CC(C)(C)C(=O)N1CCC(C(=O)NCC(C)(O)c2ccco2)CC1. The van der Waals surface area contributed by atoms with Crippen LogP contribution < -0.4 is 5.32 Å². The molecule has 0 aliphatic carbocycles. The molecule has 1 aromatic heterocycles. The average Bonchev–Trinajstić information content (AvgIpc) is 3.06. The molecule has 134 valence electrons. The molecule has 1 aliphatic rings. The zero-order valence-corrected chi connectivity index (χ0v) is 15.0. The summed E-state index contributed by atoms with van der Waals surface area (Å²) in [5.41, 5.74) is -1.63. The van der Waals surface area contributed by atoms with Gasteiger partial charge in [-0.05, 0) is 31.9 Å². The van der Waals surface area contributed by atoms with E-state index in [1.165, 1.54) is 6.26 Å². The first-order chi connectivity index (χ1) is 11.1. The second-order valence-corrected chi connectivity index (χ2v) is 7.79. The van der Waals surface area contributed by atoms with Gasteiger partial charge >= 0.3 is 0 Å². The molecule has 0 spiro atoms. The molecule has 2 heterocycles. The largest absolute Gasteiger partial charge is 0.466 e. The fourth-order valence-corrected chi connectivity index (χ4v) is 2.89. The Bertz CT molecular complexity index is 564. The van der Waals surface area contributed by atoms with E-state index in [1.54, 1.807) is 19.1 Å². The maximum Gasteiger partial charge on any atom is 0.227 e. The number of hydrogen-bond acceptors (Lipinski definition) is 4. The van der Waals surface area contributed by atoms with Crippen LogP contribution in [-0.4, -0.2) is 41.5 Å². The highest BCUT2D eigenvalue weighted by atomic mass is 16.4.